The normalized spacial score (nSPS) is 11.9. The van der Waals surface area contributed by atoms with Crippen molar-refractivity contribution in [1.29, 1.82) is 0 Å². The monoisotopic (exact) mass is 667 g/mol. The zero-order valence-electron chi connectivity index (χ0n) is 27.5. The van der Waals surface area contributed by atoms with E-state index in [1.54, 1.807) is 0 Å². The van der Waals surface area contributed by atoms with Crippen molar-refractivity contribution < 1.29 is 4.42 Å². The van der Waals surface area contributed by atoms with Crippen LogP contribution in [0.4, 0.5) is 17.1 Å². The minimum absolute atomic E-state index is 0.927. The molecule has 9 aromatic carbocycles. The van der Waals surface area contributed by atoms with Gasteiger partial charge in [-0.05, 0) is 92.0 Å². The predicted molar refractivity (Wildman–Crippen MR) is 219 cm³/mol. The molecule has 0 amide bonds. The Morgan fingerprint density at radius 2 is 1.10 bits per heavy atom. The molecule has 0 spiro atoms. The zero-order valence-corrected chi connectivity index (χ0v) is 28.3. The Labute approximate surface area is 298 Å². The molecule has 11 aromatic rings. The molecule has 0 N–H and O–H groups in total. The van der Waals surface area contributed by atoms with Gasteiger partial charge in [0, 0.05) is 37.6 Å². The summed E-state index contributed by atoms with van der Waals surface area (Å²) in [5, 5.41) is 12.1. The van der Waals surface area contributed by atoms with Gasteiger partial charge < -0.3 is 9.32 Å². The summed E-state index contributed by atoms with van der Waals surface area (Å²) >= 11 is 1.84. The Bertz CT molecular complexity index is 3140. The van der Waals surface area contributed by atoms with Crippen molar-refractivity contribution in [2.45, 2.75) is 0 Å². The molecule has 2 heterocycles. The fourth-order valence-corrected chi connectivity index (χ4v) is 9.26. The average molecular weight is 668 g/mol. The van der Waals surface area contributed by atoms with Crippen molar-refractivity contribution in [3.05, 3.63) is 176 Å². The number of fused-ring (bicyclic) bond motifs is 11. The topological polar surface area (TPSA) is 16.4 Å². The standard InChI is InChI=1S/C48H29NOS/c1-2-12-34-29-36(25-19-30(34)9-1)49(35-23-20-33(21-24-35)38-16-7-13-31-10-3-5-14-37(31)38)42-18-8-17-41-46-44(51-48(41)42)28-26-40-45-39-15-6-4-11-32(39)22-27-43(45)50-47(40)46/h1-29H. The van der Waals surface area contributed by atoms with E-state index in [-0.39, 0.29) is 0 Å². The summed E-state index contributed by atoms with van der Waals surface area (Å²) in [6, 6.07) is 63.7. The Morgan fingerprint density at radius 1 is 0.431 bits per heavy atom. The van der Waals surface area contributed by atoms with Gasteiger partial charge in [0.2, 0.25) is 0 Å². The first kappa shape index (κ1) is 28.4. The summed E-state index contributed by atoms with van der Waals surface area (Å²) in [7, 11) is 0. The van der Waals surface area contributed by atoms with E-state index in [4.69, 9.17) is 4.42 Å². The lowest BCUT2D eigenvalue weighted by atomic mass is 9.98. The average Bonchev–Trinajstić information content (AvgIpc) is 3.77. The molecule has 0 aliphatic heterocycles. The van der Waals surface area contributed by atoms with E-state index >= 15 is 0 Å². The van der Waals surface area contributed by atoms with Crippen molar-refractivity contribution in [3.63, 3.8) is 0 Å². The van der Waals surface area contributed by atoms with Crippen LogP contribution >= 0.6 is 11.3 Å². The van der Waals surface area contributed by atoms with Crippen LogP contribution < -0.4 is 4.90 Å². The highest BCUT2D eigenvalue weighted by Crippen LogP contribution is 2.48. The molecule has 2 nitrogen and oxygen atoms in total. The molecule has 0 fully saturated rings. The lowest BCUT2D eigenvalue weighted by molar-refractivity contribution is 0.673. The van der Waals surface area contributed by atoms with Gasteiger partial charge in [0.1, 0.15) is 11.2 Å². The molecular formula is C48H29NOS. The molecular weight excluding hydrogens is 639 g/mol. The highest BCUT2D eigenvalue weighted by atomic mass is 32.1. The van der Waals surface area contributed by atoms with E-state index in [1.165, 1.54) is 69.0 Å². The van der Waals surface area contributed by atoms with Gasteiger partial charge in [0.15, 0.2) is 0 Å². The molecule has 11 rings (SSSR count). The quantitative estimate of drug-likeness (QED) is 0.186. The van der Waals surface area contributed by atoms with Crippen LogP contribution in [0, 0.1) is 0 Å². The highest BCUT2D eigenvalue weighted by Gasteiger charge is 2.22. The first-order chi connectivity index (χ1) is 25.3. The van der Waals surface area contributed by atoms with Crippen LogP contribution in [-0.2, 0) is 0 Å². The number of furan rings is 1. The molecule has 0 aliphatic carbocycles. The van der Waals surface area contributed by atoms with Gasteiger partial charge in [0.05, 0.1) is 10.4 Å². The van der Waals surface area contributed by atoms with E-state index in [0.29, 0.717) is 0 Å². The number of rotatable bonds is 4. The summed E-state index contributed by atoms with van der Waals surface area (Å²) in [5.74, 6) is 0. The third-order valence-corrected chi connectivity index (χ3v) is 11.6. The van der Waals surface area contributed by atoms with Gasteiger partial charge in [0.25, 0.3) is 0 Å². The van der Waals surface area contributed by atoms with E-state index in [1.807, 2.05) is 11.3 Å². The van der Waals surface area contributed by atoms with Crippen molar-refractivity contribution in [2.75, 3.05) is 4.90 Å². The Morgan fingerprint density at radius 3 is 1.96 bits per heavy atom. The summed E-state index contributed by atoms with van der Waals surface area (Å²) in [5.41, 5.74) is 7.71. The second kappa shape index (κ2) is 11.0. The molecule has 2 aromatic heterocycles. The van der Waals surface area contributed by atoms with Gasteiger partial charge >= 0.3 is 0 Å². The maximum Gasteiger partial charge on any atom is 0.144 e. The summed E-state index contributed by atoms with van der Waals surface area (Å²) in [6.07, 6.45) is 0. The fourth-order valence-electron chi connectivity index (χ4n) is 8.06. The van der Waals surface area contributed by atoms with E-state index in [9.17, 15) is 0 Å². The Hall–Kier alpha value is -6.42. The molecule has 0 aliphatic rings. The van der Waals surface area contributed by atoms with Gasteiger partial charge in [-0.15, -0.1) is 11.3 Å². The molecule has 238 valence electrons. The lowest BCUT2D eigenvalue weighted by Crippen LogP contribution is -2.10. The fraction of sp³-hybridized carbons (Fsp3) is 0. The first-order valence-electron chi connectivity index (χ1n) is 17.3. The minimum Gasteiger partial charge on any atom is -0.455 e. The van der Waals surface area contributed by atoms with Crippen molar-refractivity contribution in [1.82, 2.24) is 0 Å². The number of hydrogen-bond donors (Lipinski definition) is 0. The number of nitrogens with zero attached hydrogens (tertiary/aromatic N) is 1. The maximum atomic E-state index is 6.74. The van der Waals surface area contributed by atoms with Crippen LogP contribution in [0.25, 0.3) is 85.6 Å². The molecule has 51 heavy (non-hydrogen) atoms. The lowest BCUT2D eigenvalue weighted by Gasteiger charge is -2.26. The summed E-state index contributed by atoms with van der Waals surface area (Å²) in [4.78, 5) is 2.42. The van der Waals surface area contributed by atoms with Crippen LogP contribution in [0.15, 0.2) is 180 Å². The maximum absolute atomic E-state index is 6.74. The van der Waals surface area contributed by atoms with Crippen molar-refractivity contribution in [2.24, 2.45) is 0 Å². The third kappa shape index (κ3) is 4.35. The van der Waals surface area contributed by atoms with E-state index < -0.39 is 0 Å². The van der Waals surface area contributed by atoms with Gasteiger partial charge in [-0.3, -0.25) is 0 Å². The zero-order chi connectivity index (χ0) is 33.5. The molecule has 0 radical (unpaired) electrons. The van der Waals surface area contributed by atoms with Crippen LogP contribution in [0.3, 0.4) is 0 Å². The van der Waals surface area contributed by atoms with Crippen molar-refractivity contribution >= 4 is 103 Å². The van der Waals surface area contributed by atoms with Crippen LogP contribution in [-0.4, -0.2) is 0 Å². The Kier molecular flexibility index (Phi) is 6.16. The van der Waals surface area contributed by atoms with E-state index in [2.05, 4.69) is 181 Å². The SMILES string of the molecule is c1ccc2cc(N(c3ccc(-c4cccc5ccccc45)cc3)c3cccc4c3sc3ccc5c(oc6ccc7ccccc7c65)c34)ccc2c1. The molecule has 0 saturated carbocycles. The van der Waals surface area contributed by atoms with E-state index in [0.717, 1.165) is 33.6 Å². The molecule has 3 heteroatoms. The second-order valence-corrected chi connectivity index (χ2v) is 14.3. The number of benzene rings is 9. The van der Waals surface area contributed by atoms with Crippen LogP contribution in [0.2, 0.25) is 0 Å². The predicted octanol–water partition coefficient (Wildman–Crippen LogP) is 14.6. The molecule has 0 atom stereocenters. The highest BCUT2D eigenvalue weighted by molar-refractivity contribution is 7.26. The smallest absolute Gasteiger partial charge is 0.144 e. The number of hydrogen-bond acceptors (Lipinski definition) is 3. The van der Waals surface area contributed by atoms with Gasteiger partial charge in [-0.1, -0.05) is 127 Å². The van der Waals surface area contributed by atoms with Gasteiger partial charge in [-0.2, -0.15) is 0 Å². The number of thiophene rings is 1. The Balaban J connectivity index is 1.14. The van der Waals surface area contributed by atoms with Gasteiger partial charge in [-0.25, -0.2) is 0 Å². The summed E-state index contributed by atoms with van der Waals surface area (Å²) < 4.78 is 9.19. The molecule has 0 saturated heterocycles. The first-order valence-corrected chi connectivity index (χ1v) is 18.2. The van der Waals surface area contributed by atoms with Crippen molar-refractivity contribution in [3.8, 4) is 11.1 Å². The van der Waals surface area contributed by atoms with Crippen LogP contribution in [0.1, 0.15) is 0 Å². The number of anilines is 3. The largest absolute Gasteiger partial charge is 0.455 e. The van der Waals surface area contributed by atoms with Crippen LogP contribution in [0.5, 0.6) is 0 Å². The molecule has 0 bridgehead atoms. The molecule has 0 unspecified atom stereocenters. The second-order valence-electron chi connectivity index (χ2n) is 13.3. The minimum atomic E-state index is 0.927. The summed E-state index contributed by atoms with van der Waals surface area (Å²) in [6.45, 7) is 0. The third-order valence-electron chi connectivity index (χ3n) is 10.4.